The lowest BCUT2D eigenvalue weighted by Gasteiger charge is -2.10. The van der Waals surface area contributed by atoms with Crippen LogP contribution in [0, 0.1) is 0 Å². The fourth-order valence-electron chi connectivity index (χ4n) is 1.98. The fraction of sp³-hybridized carbons (Fsp3) is 0.500. The molecule has 1 heterocycles. The zero-order chi connectivity index (χ0) is 9.80. The first-order valence-corrected chi connectivity index (χ1v) is 5.25. The van der Waals surface area contributed by atoms with E-state index in [4.69, 9.17) is 4.74 Å². The van der Waals surface area contributed by atoms with Crippen molar-refractivity contribution >= 4 is 0 Å². The number of hydrogen-bond acceptors (Lipinski definition) is 2. The summed E-state index contributed by atoms with van der Waals surface area (Å²) >= 11 is 0. The molecule has 1 fully saturated rings. The molecule has 2 nitrogen and oxygen atoms in total. The van der Waals surface area contributed by atoms with Gasteiger partial charge in [0.05, 0.1) is 7.11 Å². The summed E-state index contributed by atoms with van der Waals surface area (Å²) in [5, 5.41) is 3.50. The van der Waals surface area contributed by atoms with Crippen molar-refractivity contribution in [2.24, 2.45) is 0 Å². The minimum Gasteiger partial charge on any atom is -0.497 e. The van der Waals surface area contributed by atoms with E-state index in [0.29, 0.717) is 6.04 Å². The minimum absolute atomic E-state index is 0.684. The lowest BCUT2D eigenvalue weighted by Crippen LogP contribution is -2.23. The molecule has 1 atom stereocenters. The number of nitrogens with one attached hydrogen (secondary N) is 1. The average Bonchev–Trinajstić information content (AvgIpc) is 2.72. The van der Waals surface area contributed by atoms with Crippen LogP contribution in [0.5, 0.6) is 5.75 Å². The molecule has 0 radical (unpaired) electrons. The first kappa shape index (κ1) is 9.53. The summed E-state index contributed by atoms with van der Waals surface area (Å²) < 4.78 is 5.12. The summed E-state index contributed by atoms with van der Waals surface area (Å²) in [6.07, 6.45) is 3.77. The van der Waals surface area contributed by atoms with Gasteiger partial charge in [-0.3, -0.25) is 0 Å². The molecule has 0 spiro atoms. The maximum atomic E-state index is 5.12. The van der Waals surface area contributed by atoms with Crippen LogP contribution in [0.1, 0.15) is 18.4 Å². The van der Waals surface area contributed by atoms with E-state index in [1.807, 2.05) is 12.1 Å². The van der Waals surface area contributed by atoms with Gasteiger partial charge < -0.3 is 10.1 Å². The van der Waals surface area contributed by atoms with Gasteiger partial charge in [-0.25, -0.2) is 0 Å². The monoisotopic (exact) mass is 191 g/mol. The molecule has 1 aromatic rings. The molecule has 0 unspecified atom stereocenters. The predicted molar refractivity (Wildman–Crippen MR) is 57.7 cm³/mol. The smallest absolute Gasteiger partial charge is 0.118 e. The van der Waals surface area contributed by atoms with E-state index in [9.17, 15) is 0 Å². The molecule has 0 bridgehead atoms. The van der Waals surface area contributed by atoms with Crippen LogP contribution < -0.4 is 10.1 Å². The summed E-state index contributed by atoms with van der Waals surface area (Å²) in [4.78, 5) is 0. The van der Waals surface area contributed by atoms with Crippen molar-refractivity contribution in [3.05, 3.63) is 29.8 Å². The molecule has 0 saturated carbocycles. The highest BCUT2D eigenvalue weighted by Gasteiger charge is 2.13. The Kier molecular flexibility index (Phi) is 3.04. The lowest BCUT2D eigenvalue weighted by molar-refractivity contribution is 0.414. The maximum Gasteiger partial charge on any atom is 0.118 e. The zero-order valence-electron chi connectivity index (χ0n) is 8.62. The first-order chi connectivity index (χ1) is 6.88. The summed E-state index contributed by atoms with van der Waals surface area (Å²) in [6.45, 7) is 1.18. The van der Waals surface area contributed by atoms with E-state index < -0.39 is 0 Å². The summed E-state index contributed by atoms with van der Waals surface area (Å²) in [6, 6.07) is 9.05. The SMILES string of the molecule is COc1ccc(C[C@@H]2CCCN2)cc1. The molecule has 1 N–H and O–H groups in total. The number of hydrogen-bond donors (Lipinski definition) is 1. The van der Waals surface area contributed by atoms with Gasteiger partial charge in [0.1, 0.15) is 5.75 Å². The predicted octanol–water partition coefficient (Wildman–Crippen LogP) is 1.99. The van der Waals surface area contributed by atoms with Crippen LogP contribution in [0.15, 0.2) is 24.3 Å². The van der Waals surface area contributed by atoms with Crippen molar-refractivity contribution in [2.75, 3.05) is 13.7 Å². The number of ether oxygens (including phenoxy) is 1. The van der Waals surface area contributed by atoms with E-state index >= 15 is 0 Å². The Morgan fingerprint density at radius 2 is 2.14 bits per heavy atom. The second-order valence-corrected chi connectivity index (χ2v) is 3.85. The molecule has 1 aliphatic heterocycles. The van der Waals surface area contributed by atoms with Crippen LogP contribution >= 0.6 is 0 Å². The standard InChI is InChI=1S/C12H17NO/c1-14-12-6-4-10(5-7-12)9-11-3-2-8-13-11/h4-7,11,13H,2-3,8-9H2,1H3/t11-/m0/s1. The minimum atomic E-state index is 0.684. The van der Waals surface area contributed by atoms with E-state index in [0.717, 1.165) is 12.2 Å². The molecule has 1 saturated heterocycles. The Morgan fingerprint density at radius 1 is 1.36 bits per heavy atom. The van der Waals surface area contributed by atoms with Gasteiger partial charge >= 0.3 is 0 Å². The molecule has 76 valence electrons. The second kappa shape index (κ2) is 4.47. The molecule has 0 aromatic heterocycles. The van der Waals surface area contributed by atoms with Gasteiger partial charge in [-0.1, -0.05) is 12.1 Å². The van der Waals surface area contributed by atoms with Gasteiger partial charge in [0.2, 0.25) is 0 Å². The number of methoxy groups -OCH3 is 1. The van der Waals surface area contributed by atoms with E-state index in [1.165, 1.54) is 24.9 Å². The largest absolute Gasteiger partial charge is 0.497 e. The summed E-state index contributed by atoms with van der Waals surface area (Å²) in [5.74, 6) is 0.938. The van der Waals surface area contributed by atoms with Gasteiger partial charge in [-0.2, -0.15) is 0 Å². The Bertz CT molecular complexity index is 275. The quantitative estimate of drug-likeness (QED) is 0.789. The highest BCUT2D eigenvalue weighted by atomic mass is 16.5. The second-order valence-electron chi connectivity index (χ2n) is 3.85. The average molecular weight is 191 g/mol. The third kappa shape index (κ3) is 2.26. The molecule has 1 aliphatic rings. The third-order valence-corrected chi connectivity index (χ3v) is 2.80. The Morgan fingerprint density at radius 3 is 2.71 bits per heavy atom. The van der Waals surface area contributed by atoms with Crippen LogP contribution in [0.4, 0.5) is 0 Å². The van der Waals surface area contributed by atoms with Crippen molar-refractivity contribution in [2.45, 2.75) is 25.3 Å². The van der Waals surface area contributed by atoms with Crippen molar-refractivity contribution in [3.63, 3.8) is 0 Å². The van der Waals surface area contributed by atoms with Gasteiger partial charge in [-0.15, -0.1) is 0 Å². The highest BCUT2D eigenvalue weighted by Crippen LogP contribution is 2.15. The Labute approximate surface area is 85.3 Å². The van der Waals surface area contributed by atoms with Crippen molar-refractivity contribution < 1.29 is 4.74 Å². The third-order valence-electron chi connectivity index (χ3n) is 2.80. The first-order valence-electron chi connectivity index (χ1n) is 5.25. The molecule has 2 rings (SSSR count). The Hall–Kier alpha value is -1.02. The maximum absolute atomic E-state index is 5.12. The zero-order valence-corrected chi connectivity index (χ0v) is 8.62. The van der Waals surface area contributed by atoms with Crippen molar-refractivity contribution in [1.82, 2.24) is 5.32 Å². The highest BCUT2D eigenvalue weighted by molar-refractivity contribution is 5.27. The topological polar surface area (TPSA) is 21.3 Å². The summed E-state index contributed by atoms with van der Waals surface area (Å²) in [5.41, 5.74) is 1.39. The molecule has 14 heavy (non-hydrogen) atoms. The summed E-state index contributed by atoms with van der Waals surface area (Å²) in [7, 11) is 1.70. The molecule has 0 amide bonds. The number of rotatable bonds is 3. The van der Waals surface area contributed by atoms with Gasteiger partial charge in [0.25, 0.3) is 0 Å². The van der Waals surface area contributed by atoms with Gasteiger partial charge in [0, 0.05) is 6.04 Å². The van der Waals surface area contributed by atoms with Gasteiger partial charge in [0.15, 0.2) is 0 Å². The van der Waals surface area contributed by atoms with Gasteiger partial charge in [-0.05, 0) is 43.5 Å². The Balaban J connectivity index is 1.95. The van der Waals surface area contributed by atoms with Crippen LogP contribution in [0.2, 0.25) is 0 Å². The van der Waals surface area contributed by atoms with Crippen LogP contribution in [-0.2, 0) is 6.42 Å². The normalized spacial score (nSPS) is 21.1. The number of benzene rings is 1. The molecule has 1 aromatic carbocycles. The van der Waals surface area contributed by atoms with Crippen molar-refractivity contribution in [3.8, 4) is 5.75 Å². The van der Waals surface area contributed by atoms with E-state index in [-0.39, 0.29) is 0 Å². The molecular weight excluding hydrogens is 174 g/mol. The van der Waals surface area contributed by atoms with E-state index in [2.05, 4.69) is 17.4 Å². The molecule has 0 aliphatic carbocycles. The molecule has 2 heteroatoms. The van der Waals surface area contributed by atoms with Crippen molar-refractivity contribution in [1.29, 1.82) is 0 Å². The molecular formula is C12H17NO. The lowest BCUT2D eigenvalue weighted by atomic mass is 10.0. The van der Waals surface area contributed by atoms with Crippen LogP contribution in [-0.4, -0.2) is 19.7 Å². The van der Waals surface area contributed by atoms with Crippen LogP contribution in [0.25, 0.3) is 0 Å². The van der Waals surface area contributed by atoms with E-state index in [1.54, 1.807) is 7.11 Å². The fourth-order valence-corrected chi connectivity index (χ4v) is 1.98. The van der Waals surface area contributed by atoms with Crippen LogP contribution in [0.3, 0.4) is 0 Å².